The number of fused-ring (bicyclic) bond motifs is 1. The molecule has 2 aliphatic rings. The Balaban J connectivity index is 2.31. The van der Waals surface area contributed by atoms with Gasteiger partial charge >= 0.3 is 5.97 Å². The highest BCUT2D eigenvalue weighted by Gasteiger charge is 2.36. The maximum Gasteiger partial charge on any atom is 0.354 e. The summed E-state index contributed by atoms with van der Waals surface area (Å²) in [6.45, 7) is 2.16. The predicted octanol–water partition coefficient (Wildman–Crippen LogP) is 2.76. The molecule has 2 rings (SSSR count). The van der Waals surface area contributed by atoms with Gasteiger partial charge in [-0.2, -0.15) is 0 Å². The maximum atomic E-state index is 12.0. The molecular weight excluding hydrogens is 285 g/mol. The molecule has 0 aromatic heterocycles. The van der Waals surface area contributed by atoms with Gasteiger partial charge in [0.25, 0.3) is 0 Å². The minimum Gasteiger partial charge on any atom is -0.461 e. The first-order chi connectivity index (χ1) is 9.22. The first-order valence-electron chi connectivity index (χ1n) is 6.40. The fourth-order valence-corrected chi connectivity index (χ4v) is 2.97. The van der Waals surface area contributed by atoms with E-state index in [-0.39, 0.29) is 17.9 Å². The van der Waals surface area contributed by atoms with Crippen LogP contribution in [0, 0.1) is 5.92 Å². The molecule has 5 heteroatoms. The zero-order chi connectivity index (χ0) is 13.8. The van der Waals surface area contributed by atoms with Crippen molar-refractivity contribution < 1.29 is 9.53 Å². The fourth-order valence-electron chi connectivity index (χ4n) is 2.50. The predicted molar refractivity (Wildman–Crippen MR) is 77.4 cm³/mol. The lowest BCUT2D eigenvalue weighted by atomic mass is 9.87. The standard InChI is InChI=1S/C14H17Cl2NO2/c1-2-19-14(18)13-11(6-7-15)10-5-3-4-9(8-16)12(10)17-13/h3-5,9,12,17H,2,6-8H2,1H3. The molecule has 0 spiro atoms. The summed E-state index contributed by atoms with van der Waals surface area (Å²) < 4.78 is 5.09. The first kappa shape index (κ1) is 14.5. The van der Waals surface area contributed by atoms with Gasteiger partial charge < -0.3 is 10.1 Å². The highest BCUT2D eigenvalue weighted by molar-refractivity contribution is 6.18. The van der Waals surface area contributed by atoms with E-state index in [9.17, 15) is 4.79 Å². The third-order valence-electron chi connectivity index (χ3n) is 3.35. The van der Waals surface area contributed by atoms with Crippen molar-refractivity contribution in [2.75, 3.05) is 18.4 Å². The Bertz CT molecular complexity index is 454. The van der Waals surface area contributed by atoms with Crippen molar-refractivity contribution in [2.24, 2.45) is 5.92 Å². The summed E-state index contributed by atoms with van der Waals surface area (Å²) in [6.07, 6.45) is 6.71. The van der Waals surface area contributed by atoms with Crippen molar-refractivity contribution in [3.8, 4) is 0 Å². The number of nitrogens with one attached hydrogen (secondary N) is 1. The Kier molecular flexibility index (Phi) is 4.94. The van der Waals surface area contributed by atoms with Gasteiger partial charge in [0.2, 0.25) is 0 Å². The maximum absolute atomic E-state index is 12.0. The minimum absolute atomic E-state index is 0.0557. The number of halogens is 2. The van der Waals surface area contributed by atoms with E-state index in [1.54, 1.807) is 6.92 Å². The molecule has 1 aliphatic heterocycles. The zero-order valence-electron chi connectivity index (χ0n) is 10.8. The third kappa shape index (κ3) is 2.82. The Morgan fingerprint density at radius 3 is 2.89 bits per heavy atom. The molecule has 1 N–H and O–H groups in total. The molecule has 19 heavy (non-hydrogen) atoms. The lowest BCUT2D eigenvalue weighted by Crippen LogP contribution is -2.35. The minimum atomic E-state index is -0.314. The van der Waals surface area contributed by atoms with Gasteiger partial charge in [-0.1, -0.05) is 18.2 Å². The molecule has 0 saturated heterocycles. The lowest BCUT2D eigenvalue weighted by Gasteiger charge is -2.24. The second-order valence-electron chi connectivity index (χ2n) is 4.46. The number of ether oxygens (including phenoxy) is 1. The molecular formula is C14H17Cl2NO2. The highest BCUT2D eigenvalue weighted by Crippen LogP contribution is 2.35. The summed E-state index contributed by atoms with van der Waals surface area (Å²) in [6, 6.07) is 0.0557. The second-order valence-corrected chi connectivity index (χ2v) is 5.15. The van der Waals surface area contributed by atoms with E-state index in [2.05, 4.69) is 11.4 Å². The number of allylic oxidation sites excluding steroid dienone is 2. The van der Waals surface area contributed by atoms with Crippen LogP contribution in [0.1, 0.15) is 13.3 Å². The molecule has 1 heterocycles. The Hall–Kier alpha value is -0.930. The Labute approximate surface area is 123 Å². The van der Waals surface area contributed by atoms with Crippen LogP contribution >= 0.6 is 23.2 Å². The molecule has 0 aromatic carbocycles. The smallest absolute Gasteiger partial charge is 0.354 e. The second kappa shape index (κ2) is 6.49. The van der Waals surface area contributed by atoms with Gasteiger partial charge in [0.05, 0.1) is 12.6 Å². The van der Waals surface area contributed by atoms with Crippen LogP contribution < -0.4 is 5.32 Å². The SMILES string of the molecule is CCOC(=O)C1=C(CCCl)C2=CC=CC(CCl)C2N1. The quantitative estimate of drug-likeness (QED) is 0.627. The van der Waals surface area contributed by atoms with Gasteiger partial charge in [-0.3, -0.25) is 0 Å². The van der Waals surface area contributed by atoms with Crippen LogP contribution in [0.3, 0.4) is 0 Å². The normalized spacial score (nSPS) is 24.9. The topological polar surface area (TPSA) is 38.3 Å². The molecule has 3 nitrogen and oxygen atoms in total. The van der Waals surface area contributed by atoms with E-state index < -0.39 is 0 Å². The fraction of sp³-hybridized carbons (Fsp3) is 0.500. The van der Waals surface area contributed by atoms with Crippen LogP contribution in [-0.2, 0) is 9.53 Å². The van der Waals surface area contributed by atoms with Gasteiger partial charge in [0.1, 0.15) is 5.70 Å². The number of carbonyl (C=O) groups excluding carboxylic acids is 1. The molecule has 0 bridgehead atoms. The summed E-state index contributed by atoms with van der Waals surface area (Å²) in [4.78, 5) is 12.0. The largest absolute Gasteiger partial charge is 0.461 e. The van der Waals surface area contributed by atoms with Crippen LogP contribution in [0.2, 0.25) is 0 Å². The summed E-state index contributed by atoms with van der Waals surface area (Å²) in [5.41, 5.74) is 2.60. The molecule has 0 saturated carbocycles. The van der Waals surface area contributed by atoms with E-state index in [4.69, 9.17) is 27.9 Å². The van der Waals surface area contributed by atoms with Gasteiger partial charge in [0.15, 0.2) is 0 Å². The van der Waals surface area contributed by atoms with E-state index >= 15 is 0 Å². The van der Waals surface area contributed by atoms with Gasteiger partial charge in [0, 0.05) is 17.7 Å². The molecule has 0 radical (unpaired) electrons. The number of rotatable bonds is 5. The monoisotopic (exact) mass is 301 g/mol. The average Bonchev–Trinajstić information content (AvgIpc) is 2.78. The number of carbonyl (C=O) groups is 1. The first-order valence-corrected chi connectivity index (χ1v) is 7.47. The number of alkyl halides is 2. The summed E-state index contributed by atoms with van der Waals surface area (Å²) in [5.74, 6) is 0.847. The van der Waals surface area contributed by atoms with E-state index in [0.29, 0.717) is 30.5 Å². The van der Waals surface area contributed by atoms with Crippen molar-refractivity contribution in [3.63, 3.8) is 0 Å². The van der Waals surface area contributed by atoms with Crippen LogP contribution in [0.15, 0.2) is 35.1 Å². The summed E-state index contributed by atoms with van der Waals surface area (Å²) in [7, 11) is 0. The lowest BCUT2D eigenvalue weighted by molar-refractivity contribution is -0.139. The van der Waals surface area contributed by atoms with Crippen molar-refractivity contribution >= 4 is 29.2 Å². The number of esters is 1. The molecule has 0 fully saturated rings. The van der Waals surface area contributed by atoms with Gasteiger partial charge in [-0.05, 0) is 24.5 Å². The molecule has 0 amide bonds. The van der Waals surface area contributed by atoms with Crippen molar-refractivity contribution in [1.29, 1.82) is 0 Å². The highest BCUT2D eigenvalue weighted by atomic mass is 35.5. The van der Waals surface area contributed by atoms with Crippen molar-refractivity contribution in [3.05, 3.63) is 35.1 Å². The van der Waals surface area contributed by atoms with Gasteiger partial charge in [-0.15, -0.1) is 23.2 Å². The van der Waals surface area contributed by atoms with Crippen molar-refractivity contribution in [1.82, 2.24) is 5.32 Å². The Morgan fingerprint density at radius 1 is 1.47 bits per heavy atom. The van der Waals surface area contributed by atoms with E-state index in [0.717, 1.165) is 11.1 Å². The number of hydrogen-bond acceptors (Lipinski definition) is 3. The summed E-state index contributed by atoms with van der Waals surface area (Å²) >= 11 is 11.8. The van der Waals surface area contributed by atoms with Crippen LogP contribution in [0.5, 0.6) is 0 Å². The molecule has 104 valence electrons. The van der Waals surface area contributed by atoms with Crippen LogP contribution in [0.4, 0.5) is 0 Å². The van der Waals surface area contributed by atoms with E-state index in [1.807, 2.05) is 12.2 Å². The Morgan fingerprint density at radius 2 is 2.26 bits per heavy atom. The van der Waals surface area contributed by atoms with E-state index in [1.165, 1.54) is 0 Å². The van der Waals surface area contributed by atoms with Crippen LogP contribution in [-0.4, -0.2) is 30.4 Å². The van der Waals surface area contributed by atoms with Crippen LogP contribution in [0.25, 0.3) is 0 Å². The molecule has 0 aromatic rings. The van der Waals surface area contributed by atoms with Crippen molar-refractivity contribution in [2.45, 2.75) is 19.4 Å². The third-order valence-corrected chi connectivity index (χ3v) is 3.89. The average molecular weight is 302 g/mol. The summed E-state index contributed by atoms with van der Waals surface area (Å²) in [5, 5.41) is 3.26. The van der Waals surface area contributed by atoms with Gasteiger partial charge in [-0.25, -0.2) is 4.79 Å². The molecule has 2 atom stereocenters. The number of hydrogen-bond donors (Lipinski definition) is 1. The molecule has 1 aliphatic carbocycles. The molecule has 2 unspecified atom stereocenters. The zero-order valence-corrected chi connectivity index (χ0v) is 12.3.